The maximum atomic E-state index is 14.5. The molecule has 8 bridgehead atoms. The van der Waals surface area contributed by atoms with Crippen molar-refractivity contribution in [3.05, 3.63) is 112 Å². The number of sulfone groups is 1. The summed E-state index contributed by atoms with van der Waals surface area (Å²) in [6.07, 6.45) is 20.7. The van der Waals surface area contributed by atoms with Crippen LogP contribution in [0.5, 0.6) is 0 Å². The Morgan fingerprint density at radius 1 is 0.911 bits per heavy atom. The first-order valence-electron chi connectivity index (χ1n) is 16.1. The molecule has 0 radical (unpaired) electrons. The molecule has 1 saturated carbocycles. The number of aromatic amines is 1. The summed E-state index contributed by atoms with van der Waals surface area (Å²) >= 11 is 0. The fraction of sp³-hybridized carbons (Fsp3) is 0.333. The van der Waals surface area contributed by atoms with Crippen LogP contribution < -0.4 is 26.6 Å². The third-order valence-corrected chi connectivity index (χ3v) is 11.9. The van der Waals surface area contributed by atoms with Crippen LogP contribution in [0.25, 0.3) is 12.2 Å². The summed E-state index contributed by atoms with van der Waals surface area (Å²) in [5, 5.41) is 12.7. The van der Waals surface area contributed by atoms with Crippen molar-refractivity contribution in [3.63, 3.8) is 0 Å². The van der Waals surface area contributed by atoms with E-state index in [0.29, 0.717) is 11.7 Å². The lowest BCUT2D eigenvalue weighted by Gasteiger charge is -2.29. The summed E-state index contributed by atoms with van der Waals surface area (Å²) in [6, 6.07) is 13.1. The predicted octanol–water partition coefficient (Wildman–Crippen LogP) is 3.16. The monoisotopic (exact) mass is 618 g/mol. The molecule has 2 aromatic rings. The van der Waals surface area contributed by atoms with Crippen LogP contribution in [0, 0.1) is 11.8 Å². The average Bonchev–Trinajstić information content (AvgIpc) is 3.53. The SMILES string of the molecule is O=S(=O)(c1ccccc1)C12C=C3C=CC(=N3)C=c3ccc([nH]3)=CC3=NC(=C([C@@H]4C[C@H]4NCCC4CCNCC4)C(=CC1)N2)C=C3. The average molecular weight is 619 g/mol. The van der Waals surface area contributed by atoms with E-state index in [4.69, 9.17) is 9.98 Å². The molecule has 1 aromatic heterocycles. The predicted molar refractivity (Wildman–Crippen MR) is 180 cm³/mol. The van der Waals surface area contributed by atoms with E-state index in [1.807, 2.05) is 48.6 Å². The molecular weight excluding hydrogens is 581 g/mol. The van der Waals surface area contributed by atoms with E-state index in [0.717, 1.165) is 71.1 Å². The van der Waals surface area contributed by atoms with E-state index in [1.165, 1.54) is 19.3 Å². The number of aliphatic imine (C=N–C) groups is 2. The minimum atomic E-state index is -3.85. The van der Waals surface area contributed by atoms with Gasteiger partial charge in [0.05, 0.1) is 27.7 Å². The van der Waals surface area contributed by atoms with Gasteiger partial charge in [-0.3, -0.25) is 0 Å². The van der Waals surface area contributed by atoms with E-state index in [9.17, 15) is 8.42 Å². The van der Waals surface area contributed by atoms with Crippen molar-refractivity contribution in [1.29, 1.82) is 0 Å². The highest BCUT2D eigenvalue weighted by atomic mass is 32.2. The summed E-state index contributed by atoms with van der Waals surface area (Å²) < 4.78 is 28.9. The molecule has 9 heteroatoms. The molecule has 6 heterocycles. The highest BCUT2D eigenvalue weighted by Crippen LogP contribution is 2.46. The Balaban J connectivity index is 1.19. The molecule has 45 heavy (non-hydrogen) atoms. The van der Waals surface area contributed by atoms with E-state index in [2.05, 4.69) is 33.1 Å². The van der Waals surface area contributed by atoms with E-state index < -0.39 is 14.7 Å². The molecule has 1 unspecified atom stereocenters. The van der Waals surface area contributed by atoms with Gasteiger partial charge < -0.3 is 20.9 Å². The van der Waals surface area contributed by atoms with Crippen LogP contribution in [0.15, 0.2) is 116 Å². The van der Waals surface area contributed by atoms with Crippen LogP contribution in [-0.4, -0.2) is 55.4 Å². The van der Waals surface area contributed by atoms with Crippen molar-refractivity contribution in [1.82, 2.24) is 20.9 Å². The number of H-pyrrole nitrogens is 1. The van der Waals surface area contributed by atoms with Crippen molar-refractivity contribution in [3.8, 4) is 0 Å². The molecule has 8 nitrogen and oxygen atoms in total. The Hall–Kier alpha value is -4.05. The highest BCUT2D eigenvalue weighted by molar-refractivity contribution is 7.93. The third kappa shape index (κ3) is 5.54. The van der Waals surface area contributed by atoms with E-state index >= 15 is 0 Å². The Bertz CT molecular complexity index is 1970. The molecule has 0 amide bonds. The van der Waals surface area contributed by atoms with Gasteiger partial charge in [0.25, 0.3) is 0 Å². The molecule has 5 aliphatic heterocycles. The van der Waals surface area contributed by atoms with Gasteiger partial charge in [-0.05, 0) is 118 Å². The molecule has 3 atom stereocenters. The molecule has 6 aliphatic rings. The minimum Gasteiger partial charge on any atom is -0.363 e. The summed E-state index contributed by atoms with van der Waals surface area (Å²) in [6.45, 7) is 3.23. The molecule has 2 fully saturated rings. The van der Waals surface area contributed by atoms with Crippen molar-refractivity contribution in [2.45, 2.75) is 47.9 Å². The maximum absolute atomic E-state index is 14.5. The van der Waals surface area contributed by atoms with Crippen LogP contribution in [0.2, 0.25) is 0 Å². The van der Waals surface area contributed by atoms with Crippen molar-refractivity contribution < 1.29 is 8.42 Å². The number of piperidine rings is 1. The van der Waals surface area contributed by atoms with Crippen LogP contribution in [0.3, 0.4) is 0 Å². The third-order valence-electron chi connectivity index (χ3n) is 9.70. The quantitative estimate of drug-likeness (QED) is 0.381. The van der Waals surface area contributed by atoms with Crippen LogP contribution >= 0.6 is 0 Å². The lowest BCUT2D eigenvalue weighted by atomic mass is 9.95. The maximum Gasteiger partial charge on any atom is 0.206 e. The lowest BCUT2D eigenvalue weighted by Crippen LogP contribution is -2.47. The molecule has 0 spiro atoms. The molecule has 1 aromatic carbocycles. The van der Waals surface area contributed by atoms with Gasteiger partial charge in [0.15, 0.2) is 4.87 Å². The number of rotatable bonds is 7. The Labute approximate surface area is 263 Å². The first-order chi connectivity index (χ1) is 22.0. The summed E-state index contributed by atoms with van der Waals surface area (Å²) in [7, 11) is -3.85. The number of nitrogens with one attached hydrogen (secondary N) is 4. The molecule has 4 N–H and O–H groups in total. The van der Waals surface area contributed by atoms with Crippen LogP contribution in [0.4, 0.5) is 0 Å². The Kier molecular flexibility index (Phi) is 7.19. The van der Waals surface area contributed by atoms with Crippen LogP contribution in [-0.2, 0) is 9.84 Å². The summed E-state index contributed by atoms with van der Waals surface area (Å²) in [4.78, 5) is 12.2. The van der Waals surface area contributed by atoms with E-state index in [-0.39, 0.29) is 17.2 Å². The Morgan fingerprint density at radius 3 is 2.47 bits per heavy atom. The normalized spacial score (nSPS) is 27.3. The molecule has 1 aliphatic carbocycles. The highest BCUT2D eigenvalue weighted by Gasteiger charge is 2.50. The van der Waals surface area contributed by atoms with Gasteiger partial charge in [0, 0.05) is 40.3 Å². The molecule has 230 valence electrons. The molecular formula is C36H38N6O2S. The number of fused-ring (bicyclic) bond motifs is 6. The fourth-order valence-electron chi connectivity index (χ4n) is 7.15. The Morgan fingerprint density at radius 2 is 1.67 bits per heavy atom. The largest absolute Gasteiger partial charge is 0.363 e. The van der Waals surface area contributed by atoms with Gasteiger partial charge in [-0.2, -0.15) is 0 Å². The summed E-state index contributed by atoms with van der Waals surface area (Å²) in [5.74, 6) is 1.01. The van der Waals surface area contributed by atoms with Gasteiger partial charge in [-0.25, -0.2) is 18.4 Å². The van der Waals surface area contributed by atoms with E-state index in [1.54, 1.807) is 30.3 Å². The minimum absolute atomic E-state index is 0.240. The zero-order chi connectivity index (χ0) is 30.4. The number of benzene rings is 1. The second-order valence-electron chi connectivity index (χ2n) is 12.8. The lowest BCUT2D eigenvalue weighted by molar-refractivity contribution is 0.347. The summed E-state index contributed by atoms with van der Waals surface area (Å²) in [5.41, 5.74) is 5.05. The number of hydrogen-bond donors (Lipinski definition) is 4. The smallest absolute Gasteiger partial charge is 0.206 e. The number of allylic oxidation sites excluding steroid dienone is 5. The fourth-order valence-corrected chi connectivity index (χ4v) is 8.91. The zero-order valence-electron chi connectivity index (χ0n) is 25.2. The van der Waals surface area contributed by atoms with Gasteiger partial charge in [-0.15, -0.1) is 0 Å². The van der Waals surface area contributed by atoms with Crippen molar-refractivity contribution >= 4 is 33.4 Å². The van der Waals surface area contributed by atoms with Gasteiger partial charge in [0.2, 0.25) is 9.84 Å². The number of hydrogen-bond acceptors (Lipinski definition) is 7. The number of nitrogens with zero attached hydrogens (tertiary/aromatic N) is 2. The van der Waals surface area contributed by atoms with Gasteiger partial charge in [0.1, 0.15) is 0 Å². The second-order valence-corrected chi connectivity index (χ2v) is 15.0. The molecule has 8 rings (SSSR count). The van der Waals surface area contributed by atoms with Crippen molar-refractivity contribution in [2.75, 3.05) is 19.6 Å². The van der Waals surface area contributed by atoms with Crippen molar-refractivity contribution in [2.24, 2.45) is 21.8 Å². The standard InChI is InChI=1S/C36H38N6O2S/c43-45(44,30-4-2-1-3-5-30)36-16-12-33(42-36)35(31-22-34(31)38-19-15-24-13-17-37-18-14-24)32-11-10-28(41-32)21-26-7-6-25(39-26)20-27-8-9-29(23-36)40-27/h1-12,20-21,23-24,31,34,37-39,42H,13-19,22H2/t31-,34-,36?/m1/s1. The van der Waals surface area contributed by atoms with Crippen LogP contribution in [0.1, 0.15) is 32.1 Å². The first-order valence-corrected chi connectivity index (χ1v) is 17.6. The second kappa shape index (κ2) is 11.4. The topological polar surface area (TPSA) is 111 Å². The molecule has 1 saturated heterocycles. The number of aromatic nitrogens is 1. The first kappa shape index (κ1) is 28.4. The van der Waals surface area contributed by atoms with Gasteiger partial charge >= 0.3 is 0 Å². The zero-order valence-corrected chi connectivity index (χ0v) is 26.0. The van der Waals surface area contributed by atoms with Gasteiger partial charge in [-0.1, -0.05) is 24.3 Å².